The van der Waals surface area contributed by atoms with Crippen molar-refractivity contribution in [2.75, 3.05) is 11.9 Å². The summed E-state index contributed by atoms with van der Waals surface area (Å²) in [4.78, 5) is 25.9. The molecule has 0 aliphatic carbocycles. The van der Waals surface area contributed by atoms with E-state index < -0.39 is 34.8 Å². The Kier molecular flexibility index (Phi) is 6.45. The van der Waals surface area contributed by atoms with Crippen LogP contribution in [0.3, 0.4) is 0 Å². The molecular weight excluding hydrogens is 432 g/mol. The summed E-state index contributed by atoms with van der Waals surface area (Å²) in [6.45, 7) is 1.19. The molecule has 1 aliphatic heterocycles. The second-order valence-electron chi connectivity index (χ2n) is 6.54. The average molecular weight is 451 g/mol. The molecule has 0 saturated heterocycles. The molecule has 8 heteroatoms. The van der Waals surface area contributed by atoms with E-state index in [1.807, 2.05) is 18.2 Å². The fourth-order valence-corrected chi connectivity index (χ4v) is 4.64. The van der Waals surface area contributed by atoms with Crippen molar-refractivity contribution >= 4 is 36.4 Å². The summed E-state index contributed by atoms with van der Waals surface area (Å²) in [5.41, 5.74) is 2.99. The number of benzene rings is 2. The van der Waals surface area contributed by atoms with Gasteiger partial charge in [0.15, 0.2) is 0 Å². The molecule has 1 aliphatic rings. The molecule has 1 N–H and O–H groups in total. The summed E-state index contributed by atoms with van der Waals surface area (Å²) < 4.78 is 36.9. The molecule has 1 radical (unpaired) electrons. The van der Waals surface area contributed by atoms with Crippen molar-refractivity contribution in [2.45, 2.75) is 32.0 Å². The monoisotopic (exact) mass is 451 g/mol. The predicted molar refractivity (Wildman–Crippen MR) is 102 cm³/mol. The molecule has 2 amide bonds. The Morgan fingerprint density at radius 2 is 1.71 bits per heavy atom. The molecule has 1 heterocycles. The van der Waals surface area contributed by atoms with E-state index in [0.717, 1.165) is 12.0 Å². The van der Waals surface area contributed by atoms with Crippen LogP contribution < -0.4 is 9.67 Å². The Balaban J connectivity index is 1.51. The van der Waals surface area contributed by atoms with Gasteiger partial charge in [0.05, 0.1) is 0 Å². The number of nitrogens with one attached hydrogen (secondary N) is 1. The van der Waals surface area contributed by atoms with Gasteiger partial charge in [0.25, 0.3) is 0 Å². The number of hydrogen-bond acceptors (Lipinski definition) is 2. The van der Waals surface area contributed by atoms with E-state index in [-0.39, 0.29) is 10.6 Å². The number of urea groups is 1. The molecule has 0 aromatic heterocycles. The first-order chi connectivity index (χ1) is 13.3. The van der Waals surface area contributed by atoms with E-state index in [4.69, 9.17) is 0 Å². The van der Waals surface area contributed by atoms with E-state index >= 15 is 0 Å². The topological polar surface area (TPSA) is 49.4 Å². The van der Waals surface area contributed by atoms with Crippen LogP contribution in [0.25, 0.3) is 0 Å². The Hall–Kier alpha value is -2.27. The summed E-state index contributed by atoms with van der Waals surface area (Å²) in [5, 5.41) is 2.83. The van der Waals surface area contributed by atoms with E-state index in [9.17, 15) is 22.8 Å². The van der Waals surface area contributed by atoms with Crippen molar-refractivity contribution in [1.82, 2.24) is 4.90 Å². The van der Waals surface area contributed by atoms with Gasteiger partial charge in [0.1, 0.15) is 0 Å². The fraction of sp³-hybridized carbons (Fsp3) is 0.300. The van der Waals surface area contributed by atoms with Gasteiger partial charge in [-0.25, -0.2) is 0 Å². The van der Waals surface area contributed by atoms with Crippen molar-refractivity contribution in [3.63, 3.8) is 0 Å². The normalized spacial score (nSPS) is 14.2. The zero-order chi connectivity index (χ0) is 20.1. The number of rotatable bonds is 5. The van der Waals surface area contributed by atoms with Gasteiger partial charge in [-0.05, 0) is 0 Å². The number of hydrogen-bond donors (Lipinski definition) is 1. The molecular formula is C20H19AsF3N2O2. The molecule has 2 aromatic carbocycles. The van der Waals surface area contributed by atoms with E-state index in [1.165, 1.54) is 5.56 Å². The summed E-state index contributed by atoms with van der Waals surface area (Å²) >= 11 is -0.969. The molecule has 0 saturated carbocycles. The van der Waals surface area contributed by atoms with E-state index in [2.05, 4.69) is 11.4 Å². The number of amides is 2. The number of carbonyl (C=O) groups is 2. The first-order valence-electron chi connectivity index (χ1n) is 8.84. The van der Waals surface area contributed by atoms with Gasteiger partial charge in [-0.1, -0.05) is 0 Å². The second-order valence-corrected chi connectivity index (χ2v) is 9.14. The number of halogens is 3. The van der Waals surface area contributed by atoms with Crippen LogP contribution in [0.1, 0.15) is 24.0 Å². The third kappa shape index (κ3) is 5.86. The Morgan fingerprint density at radius 3 is 2.39 bits per heavy atom. The van der Waals surface area contributed by atoms with Gasteiger partial charge < -0.3 is 0 Å². The van der Waals surface area contributed by atoms with Crippen LogP contribution >= 0.6 is 0 Å². The molecule has 0 bridgehead atoms. The molecule has 4 nitrogen and oxygen atoms in total. The van der Waals surface area contributed by atoms with Crippen LogP contribution in [-0.4, -0.2) is 44.0 Å². The van der Waals surface area contributed by atoms with Gasteiger partial charge in [0, 0.05) is 0 Å². The molecule has 0 unspecified atom stereocenters. The van der Waals surface area contributed by atoms with Crippen LogP contribution in [0.4, 0.5) is 23.7 Å². The Labute approximate surface area is 167 Å². The zero-order valence-electron chi connectivity index (χ0n) is 15.0. The fourth-order valence-electron chi connectivity index (χ4n) is 2.94. The SMILES string of the molecule is O=C(CCC(F)(F)F)[As]c1ccc(NC(=O)N2CCc3ccccc3C2)cc1. The van der Waals surface area contributed by atoms with Gasteiger partial charge in [-0.2, -0.15) is 0 Å². The van der Waals surface area contributed by atoms with Crippen molar-refractivity contribution in [3.8, 4) is 0 Å². The number of nitrogens with zero attached hydrogens (tertiary/aromatic N) is 1. The molecule has 28 heavy (non-hydrogen) atoms. The van der Waals surface area contributed by atoms with Crippen LogP contribution in [0.5, 0.6) is 0 Å². The van der Waals surface area contributed by atoms with Gasteiger partial charge >= 0.3 is 168 Å². The second kappa shape index (κ2) is 8.82. The first kappa shape index (κ1) is 20.5. The van der Waals surface area contributed by atoms with Gasteiger partial charge in [-0.15, -0.1) is 0 Å². The number of anilines is 1. The predicted octanol–water partition coefficient (Wildman–Crippen LogP) is 3.48. The first-order valence-corrected chi connectivity index (χ1v) is 10.7. The van der Waals surface area contributed by atoms with Crippen molar-refractivity contribution in [1.29, 1.82) is 0 Å². The van der Waals surface area contributed by atoms with Crippen molar-refractivity contribution < 1.29 is 22.8 Å². The molecule has 0 atom stereocenters. The van der Waals surface area contributed by atoms with Crippen LogP contribution in [-0.2, 0) is 17.8 Å². The Bertz CT molecular complexity index is 853. The molecule has 2 aromatic rings. The zero-order valence-corrected chi connectivity index (χ0v) is 16.9. The van der Waals surface area contributed by atoms with E-state index in [0.29, 0.717) is 23.1 Å². The molecule has 3 rings (SSSR count). The molecule has 147 valence electrons. The average Bonchev–Trinajstić information content (AvgIpc) is 2.67. The third-order valence-corrected chi connectivity index (χ3v) is 6.57. The number of alkyl halides is 3. The minimum absolute atomic E-state index is 0.197. The number of carbonyl (C=O) groups excluding carboxylic acids is 2. The van der Waals surface area contributed by atoms with Crippen LogP contribution in [0.2, 0.25) is 0 Å². The third-order valence-electron chi connectivity index (χ3n) is 4.41. The van der Waals surface area contributed by atoms with Gasteiger partial charge in [-0.3, -0.25) is 0 Å². The van der Waals surface area contributed by atoms with Crippen molar-refractivity contribution in [3.05, 3.63) is 59.7 Å². The van der Waals surface area contributed by atoms with E-state index in [1.54, 1.807) is 29.2 Å². The maximum absolute atomic E-state index is 12.5. The minimum atomic E-state index is -4.31. The summed E-state index contributed by atoms with van der Waals surface area (Å²) in [7, 11) is 0. The van der Waals surface area contributed by atoms with Gasteiger partial charge in [0.2, 0.25) is 0 Å². The maximum atomic E-state index is 12.5. The molecule has 0 fully saturated rings. The van der Waals surface area contributed by atoms with Crippen LogP contribution in [0.15, 0.2) is 48.5 Å². The summed E-state index contributed by atoms with van der Waals surface area (Å²) in [6.07, 6.45) is -5.04. The Morgan fingerprint density at radius 1 is 1.04 bits per heavy atom. The summed E-state index contributed by atoms with van der Waals surface area (Å²) in [6, 6.07) is 14.6. The quantitative estimate of drug-likeness (QED) is 0.708. The standard InChI is InChI=1S/C20H19AsF3N2O2/c22-20(23,24)11-9-18(27)21-16-5-7-17(8-6-16)25-19(28)26-12-10-14-3-1-2-4-15(14)13-26/h1-8H,9-13H2,(H,25,28). The molecule has 0 spiro atoms. The summed E-state index contributed by atoms with van der Waals surface area (Å²) in [5.74, 6) is 0. The van der Waals surface area contributed by atoms with Crippen molar-refractivity contribution in [2.24, 2.45) is 0 Å². The number of fused-ring (bicyclic) bond motifs is 1. The van der Waals surface area contributed by atoms with Crippen LogP contribution in [0, 0.1) is 0 Å².